The Labute approximate surface area is 212 Å². The number of hydrogen-bond acceptors (Lipinski definition) is 6. The third kappa shape index (κ3) is 5.32. The molecule has 0 unspecified atom stereocenters. The molecule has 0 spiro atoms. The predicted molar refractivity (Wildman–Crippen MR) is 141 cm³/mol. The summed E-state index contributed by atoms with van der Waals surface area (Å²) in [5.41, 5.74) is 2.81. The first-order valence-electron chi connectivity index (χ1n) is 12.6. The van der Waals surface area contributed by atoms with Gasteiger partial charge < -0.3 is 10.6 Å². The number of nitrogens with one attached hydrogen (secondary N) is 2. The van der Waals surface area contributed by atoms with Crippen LogP contribution in [0.3, 0.4) is 0 Å². The molecule has 1 aliphatic rings. The van der Waals surface area contributed by atoms with E-state index in [-0.39, 0.29) is 29.5 Å². The molecule has 8 nitrogen and oxygen atoms in total. The molecule has 3 aromatic rings. The van der Waals surface area contributed by atoms with Gasteiger partial charge in [0.1, 0.15) is 6.54 Å². The molecule has 0 aromatic carbocycles. The van der Waals surface area contributed by atoms with Crippen LogP contribution >= 0.6 is 0 Å². The highest BCUT2D eigenvalue weighted by Gasteiger charge is 2.43. The lowest BCUT2D eigenvalue weighted by atomic mass is 9.58. The minimum atomic E-state index is -0.310. The first kappa shape index (κ1) is 25.5. The van der Waals surface area contributed by atoms with Crippen molar-refractivity contribution in [3.8, 4) is 11.1 Å². The molecule has 3 heterocycles. The Morgan fingerprint density at radius 3 is 2.36 bits per heavy atom. The van der Waals surface area contributed by atoms with E-state index < -0.39 is 0 Å². The Bertz CT molecular complexity index is 1240. The van der Waals surface area contributed by atoms with Crippen LogP contribution in [0.1, 0.15) is 46.6 Å². The van der Waals surface area contributed by atoms with Gasteiger partial charge in [0.2, 0.25) is 5.91 Å². The van der Waals surface area contributed by atoms with E-state index in [1.807, 2.05) is 24.3 Å². The summed E-state index contributed by atoms with van der Waals surface area (Å²) in [5.74, 6) is 1.18. The van der Waals surface area contributed by atoms with Crippen molar-refractivity contribution in [1.29, 1.82) is 0 Å². The maximum atomic E-state index is 13.6. The topological polar surface area (TPSA) is 102 Å². The highest BCUT2D eigenvalue weighted by molar-refractivity contribution is 5.78. The number of rotatable bonds is 7. The maximum absolute atomic E-state index is 13.6. The van der Waals surface area contributed by atoms with E-state index in [0.29, 0.717) is 35.5 Å². The van der Waals surface area contributed by atoms with Crippen molar-refractivity contribution in [2.75, 3.05) is 5.32 Å². The summed E-state index contributed by atoms with van der Waals surface area (Å²) in [6.45, 7) is 11.8. The number of nitrogens with zero attached hydrogens (tertiary/aromatic N) is 4. The number of aromatic nitrogens is 4. The second kappa shape index (κ2) is 10.6. The molecule has 0 aliphatic heterocycles. The molecule has 4 atom stereocenters. The summed E-state index contributed by atoms with van der Waals surface area (Å²) in [6.07, 6.45) is 9.37. The summed E-state index contributed by atoms with van der Waals surface area (Å²) >= 11 is 0. The molecule has 36 heavy (non-hydrogen) atoms. The molecule has 1 fully saturated rings. The Morgan fingerprint density at radius 2 is 1.69 bits per heavy atom. The van der Waals surface area contributed by atoms with E-state index in [1.165, 1.54) is 4.68 Å². The molecular formula is C28H36N6O2. The number of amides is 1. The van der Waals surface area contributed by atoms with Gasteiger partial charge in [0.15, 0.2) is 0 Å². The average molecular weight is 489 g/mol. The van der Waals surface area contributed by atoms with Crippen molar-refractivity contribution in [3.63, 3.8) is 0 Å². The van der Waals surface area contributed by atoms with Gasteiger partial charge in [0.05, 0.1) is 17.4 Å². The zero-order valence-corrected chi connectivity index (χ0v) is 21.7. The standard InChI is InChI=1S/C28H36N6O2/c1-18-14-23(19(2)20(3)28(18,4)5)33-24-16-32-34(27(36)26(24)22-8-12-30-13-9-22)17-25(35)31-15-21-6-10-29-11-7-21/h6-13,16,18-20,23,33H,14-15,17H2,1-5H3,(H,31,35)/t18-,19+,20+,23+/m0/s1. The van der Waals surface area contributed by atoms with Crippen molar-refractivity contribution in [3.05, 3.63) is 71.2 Å². The van der Waals surface area contributed by atoms with E-state index >= 15 is 0 Å². The smallest absolute Gasteiger partial charge is 0.277 e. The second-order valence-corrected chi connectivity index (χ2v) is 10.6. The van der Waals surface area contributed by atoms with Crippen LogP contribution in [0.5, 0.6) is 0 Å². The monoisotopic (exact) mass is 488 g/mol. The van der Waals surface area contributed by atoms with Crippen molar-refractivity contribution in [1.82, 2.24) is 25.1 Å². The number of pyridine rings is 2. The molecule has 3 aromatic heterocycles. The summed E-state index contributed by atoms with van der Waals surface area (Å²) in [7, 11) is 0. The normalized spacial score (nSPS) is 23.1. The summed E-state index contributed by atoms with van der Waals surface area (Å²) in [4.78, 5) is 34.3. The van der Waals surface area contributed by atoms with E-state index in [4.69, 9.17) is 0 Å². The van der Waals surface area contributed by atoms with Gasteiger partial charge in [-0.15, -0.1) is 0 Å². The largest absolute Gasteiger partial charge is 0.380 e. The molecule has 1 amide bonds. The van der Waals surface area contributed by atoms with E-state index in [9.17, 15) is 9.59 Å². The Morgan fingerprint density at radius 1 is 1.06 bits per heavy atom. The number of carbonyl (C=O) groups excluding carboxylic acids is 1. The van der Waals surface area contributed by atoms with E-state index in [0.717, 1.165) is 17.5 Å². The highest BCUT2D eigenvalue weighted by atomic mass is 16.2. The number of hydrogen-bond donors (Lipinski definition) is 2. The SMILES string of the molecule is C[C@@H]1[C@@H](C)C(C)(C)[C@@H](C)C[C@H]1Nc1cnn(CC(=O)NCc2ccncc2)c(=O)c1-c1ccncc1. The Hall–Kier alpha value is -3.55. The molecule has 190 valence electrons. The fourth-order valence-electron chi connectivity index (χ4n) is 5.17. The predicted octanol–water partition coefficient (Wildman–Crippen LogP) is 4.14. The molecule has 8 heteroatoms. The van der Waals surface area contributed by atoms with Crippen LogP contribution in [0.15, 0.2) is 60.0 Å². The summed E-state index contributed by atoms with van der Waals surface area (Å²) in [5, 5.41) is 10.9. The second-order valence-electron chi connectivity index (χ2n) is 10.6. The number of anilines is 1. The average Bonchev–Trinajstić information content (AvgIpc) is 2.88. The molecule has 4 rings (SSSR count). The minimum Gasteiger partial charge on any atom is -0.380 e. The zero-order chi connectivity index (χ0) is 25.9. The van der Waals surface area contributed by atoms with Crippen molar-refractivity contribution < 1.29 is 4.79 Å². The van der Waals surface area contributed by atoms with Crippen LogP contribution in [-0.2, 0) is 17.9 Å². The van der Waals surface area contributed by atoms with Crippen LogP contribution < -0.4 is 16.2 Å². The van der Waals surface area contributed by atoms with Crippen LogP contribution in [-0.4, -0.2) is 31.7 Å². The highest BCUT2D eigenvalue weighted by Crippen LogP contribution is 2.48. The fraction of sp³-hybridized carbons (Fsp3) is 0.464. The molecule has 0 saturated heterocycles. The summed E-state index contributed by atoms with van der Waals surface area (Å²) in [6, 6.07) is 7.51. The molecule has 1 saturated carbocycles. The van der Waals surface area contributed by atoms with Gasteiger partial charge in [-0.2, -0.15) is 5.10 Å². The van der Waals surface area contributed by atoms with Gasteiger partial charge in [0, 0.05) is 37.4 Å². The van der Waals surface area contributed by atoms with Gasteiger partial charge in [-0.25, -0.2) is 4.68 Å². The lowest BCUT2D eigenvalue weighted by Crippen LogP contribution is -2.48. The van der Waals surface area contributed by atoms with Crippen LogP contribution in [0, 0.1) is 23.2 Å². The van der Waals surface area contributed by atoms with Gasteiger partial charge >= 0.3 is 0 Å². The summed E-state index contributed by atoms with van der Waals surface area (Å²) < 4.78 is 1.22. The third-order valence-corrected chi connectivity index (χ3v) is 8.36. The quantitative estimate of drug-likeness (QED) is 0.518. The van der Waals surface area contributed by atoms with Crippen molar-refractivity contribution >= 4 is 11.6 Å². The fourth-order valence-corrected chi connectivity index (χ4v) is 5.17. The zero-order valence-electron chi connectivity index (χ0n) is 21.7. The third-order valence-electron chi connectivity index (χ3n) is 8.36. The number of carbonyl (C=O) groups is 1. The van der Waals surface area contributed by atoms with Gasteiger partial charge in [0.25, 0.3) is 5.56 Å². The molecule has 1 aliphatic carbocycles. The Balaban J connectivity index is 1.60. The van der Waals surface area contributed by atoms with Crippen LogP contribution in [0.2, 0.25) is 0 Å². The van der Waals surface area contributed by atoms with Gasteiger partial charge in [-0.05, 0) is 65.0 Å². The lowest BCUT2D eigenvalue weighted by Gasteiger charge is -2.50. The lowest BCUT2D eigenvalue weighted by molar-refractivity contribution is -0.122. The minimum absolute atomic E-state index is 0.162. The molecule has 2 N–H and O–H groups in total. The van der Waals surface area contributed by atoms with Crippen LogP contribution in [0.4, 0.5) is 5.69 Å². The molecule has 0 radical (unpaired) electrons. The van der Waals surface area contributed by atoms with Crippen molar-refractivity contribution in [2.45, 2.75) is 60.2 Å². The Kier molecular flexibility index (Phi) is 7.52. The first-order chi connectivity index (χ1) is 17.2. The van der Waals surface area contributed by atoms with Gasteiger partial charge in [-0.1, -0.05) is 34.6 Å². The van der Waals surface area contributed by atoms with E-state index in [1.54, 1.807) is 31.0 Å². The maximum Gasteiger partial charge on any atom is 0.277 e. The molecule has 0 bridgehead atoms. The van der Waals surface area contributed by atoms with E-state index in [2.05, 4.69) is 60.3 Å². The van der Waals surface area contributed by atoms with Crippen molar-refractivity contribution in [2.24, 2.45) is 23.2 Å². The van der Waals surface area contributed by atoms with Gasteiger partial charge in [-0.3, -0.25) is 19.6 Å². The molecular weight excluding hydrogens is 452 g/mol. The first-order valence-corrected chi connectivity index (χ1v) is 12.6. The van der Waals surface area contributed by atoms with Crippen LogP contribution in [0.25, 0.3) is 11.1 Å².